The van der Waals surface area contributed by atoms with Crippen molar-refractivity contribution >= 4 is 27.8 Å². The van der Waals surface area contributed by atoms with E-state index in [1.807, 2.05) is 66.3 Å². The highest BCUT2D eigenvalue weighted by molar-refractivity contribution is 5.88. The molecular formula is C19H19N5O. The van der Waals surface area contributed by atoms with Gasteiger partial charge >= 0.3 is 0 Å². The molecule has 2 heterocycles. The molecule has 4 rings (SSSR count). The molecule has 1 atom stereocenters. The summed E-state index contributed by atoms with van der Waals surface area (Å²) >= 11 is 0. The Balaban J connectivity index is 1.42. The number of carbonyl (C=O) groups excluding carboxylic acids is 1. The van der Waals surface area contributed by atoms with Gasteiger partial charge < -0.3 is 10.3 Å². The van der Waals surface area contributed by atoms with Gasteiger partial charge in [-0.15, -0.1) is 5.10 Å². The molecule has 0 bridgehead atoms. The van der Waals surface area contributed by atoms with Crippen LogP contribution in [0.25, 0.3) is 21.9 Å². The number of fused-ring (bicyclic) bond motifs is 2. The van der Waals surface area contributed by atoms with E-state index >= 15 is 0 Å². The van der Waals surface area contributed by atoms with Gasteiger partial charge in [-0.1, -0.05) is 35.5 Å². The smallest absolute Gasteiger partial charge is 0.224 e. The van der Waals surface area contributed by atoms with E-state index < -0.39 is 0 Å². The maximum atomic E-state index is 12.4. The Hall–Kier alpha value is -3.15. The van der Waals surface area contributed by atoms with Crippen LogP contribution in [0.3, 0.4) is 0 Å². The second-order valence-electron chi connectivity index (χ2n) is 6.27. The zero-order valence-corrected chi connectivity index (χ0v) is 13.9. The Bertz CT molecular complexity index is 1030. The average molecular weight is 333 g/mol. The molecular weight excluding hydrogens is 314 g/mol. The summed E-state index contributed by atoms with van der Waals surface area (Å²) in [6, 6.07) is 15.8. The molecule has 6 heteroatoms. The van der Waals surface area contributed by atoms with Crippen LogP contribution in [-0.2, 0) is 17.8 Å². The standard InChI is InChI=1S/C19H19N5O/c1-13(12-24-18-9-5-4-8-17(18)22-23-24)21-19(25)10-14-11-20-16-7-3-2-6-15(14)16/h2-9,11,13,20H,10,12H2,1H3,(H,21,25)/t13-/m0/s1. The Morgan fingerprint density at radius 3 is 2.92 bits per heavy atom. The number of aromatic amines is 1. The normalized spacial score (nSPS) is 12.5. The fourth-order valence-corrected chi connectivity index (χ4v) is 3.13. The van der Waals surface area contributed by atoms with Crippen molar-refractivity contribution in [2.24, 2.45) is 0 Å². The second kappa shape index (κ2) is 6.39. The molecule has 0 aliphatic carbocycles. The fourth-order valence-electron chi connectivity index (χ4n) is 3.13. The van der Waals surface area contributed by atoms with Crippen molar-refractivity contribution < 1.29 is 4.79 Å². The lowest BCUT2D eigenvalue weighted by atomic mass is 10.1. The Kier molecular flexibility index (Phi) is 3.93. The lowest BCUT2D eigenvalue weighted by Crippen LogP contribution is -2.36. The zero-order chi connectivity index (χ0) is 17.2. The first-order valence-corrected chi connectivity index (χ1v) is 8.33. The van der Waals surface area contributed by atoms with E-state index in [0.29, 0.717) is 13.0 Å². The van der Waals surface area contributed by atoms with Gasteiger partial charge in [0.2, 0.25) is 5.91 Å². The summed E-state index contributed by atoms with van der Waals surface area (Å²) in [5, 5.41) is 12.4. The topological polar surface area (TPSA) is 75.6 Å². The van der Waals surface area contributed by atoms with Gasteiger partial charge in [0.1, 0.15) is 5.52 Å². The van der Waals surface area contributed by atoms with Crippen molar-refractivity contribution in [1.82, 2.24) is 25.3 Å². The lowest BCUT2D eigenvalue weighted by Gasteiger charge is -2.14. The number of carbonyl (C=O) groups is 1. The minimum atomic E-state index is -0.0391. The predicted octanol–water partition coefficient (Wildman–Crippen LogP) is 2.66. The predicted molar refractivity (Wildman–Crippen MR) is 97.1 cm³/mol. The first kappa shape index (κ1) is 15.4. The minimum Gasteiger partial charge on any atom is -0.361 e. The molecule has 25 heavy (non-hydrogen) atoms. The molecule has 0 fully saturated rings. The number of amides is 1. The number of hydrogen-bond donors (Lipinski definition) is 2. The molecule has 126 valence electrons. The van der Waals surface area contributed by atoms with Crippen LogP contribution in [0, 0.1) is 0 Å². The SMILES string of the molecule is C[C@@H](Cn1nnc2ccccc21)NC(=O)Cc1c[nH]c2ccccc12. The molecule has 1 amide bonds. The van der Waals surface area contributed by atoms with Crippen molar-refractivity contribution in [3.63, 3.8) is 0 Å². The molecule has 0 saturated carbocycles. The van der Waals surface area contributed by atoms with E-state index in [2.05, 4.69) is 20.6 Å². The minimum absolute atomic E-state index is 0.00155. The summed E-state index contributed by atoms with van der Waals surface area (Å²) in [5.74, 6) is 0.00155. The van der Waals surface area contributed by atoms with Crippen molar-refractivity contribution in [2.75, 3.05) is 0 Å². The summed E-state index contributed by atoms with van der Waals surface area (Å²) in [5.41, 5.74) is 3.89. The quantitative estimate of drug-likeness (QED) is 0.589. The summed E-state index contributed by atoms with van der Waals surface area (Å²) in [6.45, 7) is 2.56. The fraction of sp³-hybridized carbons (Fsp3) is 0.211. The van der Waals surface area contributed by atoms with Gasteiger partial charge in [-0.3, -0.25) is 4.79 Å². The first-order valence-electron chi connectivity index (χ1n) is 8.33. The molecule has 0 unspecified atom stereocenters. The van der Waals surface area contributed by atoms with E-state index in [4.69, 9.17) is 0 Å². The number of rotatable bonds is 5. The number of aromatic nitrogens is 4. The monoisotopic (exact) mass is 333 g/mol. The van der Waals surface area contributed by atoms with Crippen molar-refractivity contribution in [2.45, 2.75) is 25.9 Å². The Morgan fingerprint density at radius 2 is 2.00 bits per heavy atom. The lowest BCUT2D eigenvalue weighted by molar-refractivity contribution is -0.121. The van der Waals surface area contributed by atoms with E-state index in [9.17, 15) is 4.79 Å². The molecule has 0 radical (unpaired) electrons. The van der Waals surface area contributed by atoms with Gasteiger partial charge in [-0.25, -0.2) is 4.68 Å². The van der Waals surface area contributed by atoms with Crippen LogP contribution < -0.4 is 5.32 Å². The maximum Gasteiger partial charge on any atom is 0.224 e. The van der Waals surface area contributed by atoms with Crippen LogP contribution in [0.5, 0.6) is 0 Å². The van der Waals surface area contributed by atoms with Crippen LogP contribution in [0.15, 0.2) is 54.7 Å². The van der Waals surface area contributed by atoms with E-state index in [1.165, 1.54) is 0 Å². The number of benzene rings is 2. The first-order chi connectivity index (χ1) is 12.2. The molecule has 0 spiro atoms. The van der Waals surface area contributed by atoms with Crippen molar-refractivity contribution in [1.29, 1.82) is 0 Å². The third-order valence-electron chi connectivity index (χ3n) is 4.30. The number of nitrogens with zero attached hydrogens (tertiary/aromatic N) is 3. The van der Waals surface area contributed by atoms with Gasteiger partial charge in [0, 0.05) is 23.1 Å². The van der Waals surface area contributed by atoms with E-state index in [0.717, 1.165) is 27.5 Å². The Labute approximate surface area is 144 Å². The molecule has 0 saturated heterocycles. The summed E-state index contributed by atoms with van der Waals surface area (Å²) in [4.78, 5) is 15.6. The van der Waals surface area contributed by atoms with E-state index in [1.54, 1.807) is 0 Å². The average Bonchev–Trinajstić information content (AvgIpc) is 3.20. The van der Waals surface area contributed by atoms with Crippen molar-refractivity contribution in [3.05, 3.63) is 60.3 Å². The summed E-state index contributed by atoms with van der Waals surface area (Å²) < 4.78 is 1.83. The highest BCUT2D eigenvalue weighted by Gasteiger charge is 2.13. The molecule has 6 nitrogen and oxygen atoms in total. The third kappa shape index (κ3) is 3.10. The summed E-state index contributed by atoms with van der Waals surface area (Å²) in [6.07, 6.45) is 2.26. The number of H-pyrrole nitrogens is 1. The molecule has 4 aromatic rings. The molecule has 2 N–H and O–H groups in total. The van der Waals surface area contributed by atoms with Gasteiger partial charge in [0.05, 0.1) is 18.5 Å². The van der Waals surface area contributed by atoms with Crippen LogP contribution in [-0.4, -0.2) is 31.9 Å². The second-order valence-corrected chi connectivity index (χ2v) is 6.27. The van der Waals surface area contributed by atoms with E-state index in [-0.39, 0.29) is 11.9 Å². The van der Waals surface area contributed by atoms with Crippen LogP contribution >= 0.6 is 0 Å². The molecule has 2 aromatic heterocycles. The number of hydrogen-bond acceptors (Lipinski definition) is 3. The molecule has 0 aliphatic heterocycles. The molecule has 2 aromatic carbocycles. The van der Waals surface area contributed by atoms with Crippen LogP contribution in [0.4, 0.5) is 0 Å². The van der Waals surface area contributed by atoms with Gasteiger partial charge in [-0.05, 0) is 30.7 Å². The number of para-hydroxylation sites is 2. The largest absolute Gasteiger partial charge is 0.361 e. The maximum absolute atomic E-state index is 12.4. The highest BCUT2D eigenvalue weighted by Crippen LogP contribution is 2.18. The highest BCUT2D eigenvalue weighted by atomic mass is 16.1. The van der Waals surface area contributed by atoms with Crippen LogP contribution in [0.1, 0.15) is 12.5 Å². The molecule has 0 aliphatic rings. The number of nitrogens with one attached hydrogen (secondary N) is 2. The van der Waals surface area contributed by atoms with Crippen LogP contribution in [0.2, 0.25) is 0 Å². The Morgan fingerprint density at radius 1 is 1.20 bits per heavy atom. The zero-order valence-electron chi connectivity index (χ0n) is 13.9. The van der Waals surface area contributed by atoms with Gasteiger partial charge in [0.25, 0.3) is 0 Å². The van der Waals surface area contributed by atoms with Gasteiger partial charge in [-0.2, -0.15) is 0 Å². The third-order valence-corrected chi connectivity index (χ3v) is 4.30. The van der Waals surface area contributed by atoms with Crippen molar-refractivity contribution in [3.8, 4) is 0 Å². The van der Waals surface area contributed by atoms with Gasteiger partial charge in [0.15, 0.2) is 0 Å². The summed E-state index contributed by atoms with van der Waals surface area (Å²) in [7, 11) is 0.